The van der Waals surface area contributed by atoms with Crippen LogP contribution in [0.3, 0.4) is 0 Å². The summed E-state index contributed by atoms with van der Waals surface area (Å²) in [6.07, 6.45) is 3.65. The number of benzene rings is 8. The fourth-order valence-corrected chi connectivity index (χ4v) is 9.69. The molecule has 0 saturated carbocycles. The van der Waals surface area contributed by atoms with Crippen LogP contribution >= 0.6 is 17.0 Å². The summed E-state index contributed by atoms with van der Waals surface area (Å²) in [5.74, 6) is 0.723. The molecule has 7 heteroatoms. The summed E-state index contributed by atoms with van der Waals surface area (Å²) in [4.78, 5) is 10.1. The zero-order valence-electron chi connectivity index (χ0n) is 44.5. The van der Waals surface area contributed by atoms with E-state index in [0.29, 0.717) is 11.5 Å². The summed E-state index contributed by atoms with van der Waals surface area (Å²) >= 11 is -0.826. The monoisotopic (exact) mass is 1080 g/mol. The molecule has 0 spiro atoms. The van der Waals surface area contributed by atoms with Gasteiger partial charge in [0, 0.05) is 46.5 Å². The van der Waals surface area contributed by atoms with E-state index in [1.54, 1.807) is 0 Å². The molecule has 8 rings (SSSR count). The van der Waals surface area contributed by atoms with Crippen molar-refractivity contribution >= 4 is 40.8 Å². The maximum atomic E-state index is 11.1. The normalized spacial score (nSPS) is 11.7. The van der Waals surface area contributed by atoms with Crippen molar-refractivity contribution in [2.45, 2.75) is 106 Å². The fraction of sp³-hybridized carbons (Fsp3) is 0.242. The molecule has 2 N–H and O–H groups in total. The van der Waals surface area contributed by atoms with E-state index in [0.717, 1.165) is 55.9 Å². The minimum atomic E-state index is -0.826. The van der Waals surface area contributed by atoms with Crippen molar-refractivity contribution in [1.29, 1.82) is 0 Å². The van der Waals surface area contributed by atoms with Crippen LogP contribution in [0.1, 0.15) is 142 Å². The third kappa shape index (κ3) is 14.7. The van der Waals surface area contributed by atoms with Gasteiger partial charge in [-0.3, -0.25) is 9.98 Å². The maximum absolute atomic E-state index is 11.1. The second-order valence-corrected chi connectivity index (χ2v) is 24.9. The number of phenolic OH excluding ortho intramolecular Hbond substituents is 2. The molecule has 0 radical (unpaired) electrons. The summed E-state index contributed by atoms with van der Waals surface area (Å²) in [6.45, 7) is 25.4. The first-order valence-electron chi connectivity index (χ1n) is 24.9. The molecule has 0 aliphatic carbocycles. The Morgan fingerprint density at radius 3 is 0.932 bits per heavy atom. The third-order valence-electron chi connectivity index (χ3n) is 13.0. The molecule has 0 heterocycles. The average molecular weight is 1090 g/mol. The van der Waals surface area contributed by atoms with Gasteiger partial charge in [0.1, 0.15) is 11.5 Å². The molecule has 8 aromatic carbocycles. The second kappa shape index (κ2) is 25.4. The first kappa shape index (κ1) is 56.5. The van der Waals surface area contributed by atoms with Gasteiger partial charge in [-0.2, -0.15) is 0 Å². The molecule has 0 unspecified atom stereocenters. The van der Waals surface area contributed by atoms with E-state index in [1.165, 1.54) is 44.5 Å². The predicted octanol–water partition coefficient (Wildman–Crippen LogP) is 18.5. The number of hydrogen-bond acceptors (Lipinski definition) is 4. The van der Waals surface area contributed by atoms with E-state index >= 15 is 0 Å². The van der Waals surface area contributed by atoms with Crippen molar-refractivity contribution in [1.82, 2.24) is 0 Å². The number of aromatic hydroxyl groups is 2. The molecule has 0 amide bonds. The number of halogens is 2. The van der Waals surface area contributed by atoms with Crippen LogP contribution in [-0.2, 0) is 31.7 Å². The zero-order valence-corrected chi connectivity index (χ0v) is 48.5. The Bertz CT molecular complexity index is 2870. The first-order valence-corrected chi connectivity index (χ1v) is 31.2. The van der Waals surface area contributed by atoms with Crippen LogP contribution in [0.2, 0.25) is 0 Å². The molecule has 374 valence electrons. The van der Waals surface area contributed by atoms with Gasteiger partial charge in [0.2, 0.25) is 0 Å². The van der Waals surface area contributed by atoms with E-state index in [9.17, 15) is 10.2 Å². The van der Waals surface area contributed by atoms with Crippen LogP contribution in [-0.4, -0.2) is 22.6 Å². The van der Waals surface area contributed by atoms with Crippen LogP contribution in [0.15, 0.2) is 180 Å². The van der Waals surface area contributed by atoms with Crippen molar-refractivity contribution in [2.24, 2.45) is 9.98 Å². The van der Waals surface area contributed by atoms with Crippen molar-refractivity contribution in [3.05, 3.63) is 259 Å². The van der Waals surface area contributed by atoms with Gasteiger partial charge in [-0.1, -0.05) is 210 Å². The Kier molecular flexibility index (Phi) is 19.6. The molecular formula is C66H70Cl2N2O2Zr. The van der Waals surface area contributed by atoms with Gasteiger partial charge in [0.25, 0.3) is 0 Å². The van der Waals surface area contributed by atoms with Crippen LogP contribution in [0.25, 0.3) is 0 Å². The molecule has 8 aromatic rings. The number of phenols is 2. The Morgan fingerprint density at radius 1 is 0.411 bits per heavy atom. The summed E-state index contributed by atoms with van der Waals surface area (Å²) in [6, 6.07) is 59.4. The molecule has 0 atom stereocenters. The number of rotatable bonds is 10. The van der Waals surface area contributed by atoms with Gasteiger partial charge in [0.15, 0.2) is 0 Å². The van der Waals surface area contributed by atoms with Gasteiger partial charge in [-0.25, -0.2) is 0 Å². The number of nitrogens with zero attached hydrogens (tertiary/aromatic N) is 2. The van der Waals surface area contributed by atoms with E-state index in [1.807, 2.05) is 24.6 Å². The van der Waals surface area contributed by atoms with Crippen LogP contribution in [0.4, 0.5) is 11.4 Å². The Hall–Kier alpha value is -5.84. The molecule has 0 aromatic heterocycles. The van der Waals surface area contributed by atoms with Crippen molar-refractivity contribution in [3.8, 4) is 11.5 Å². The number of aryl methyl sites for hydroxylation is 6. The Morgan fingerprint density at radius 2 is 0.671 bits per heavy atom. The molecular weight excluding hydrogens is 1010 g/mol. The molecule has 0 bridgehead atoms. The SMILES string of the molecule is Cc1cc(C)c(N=Cc2cc(C)cc(C(C)(C)C)c2O)c(C(c2ccccc2)c2ccccc2)c1.Cc1cc(C)c(N=Cc2cc(C)cc(C(C)(C)C)c2O)c(C(c2ccccc2)c2ccccc2)c1.[Cl][Zr][Cl]. The van der Waals surface area contributed by atoms with Gasteiger partial charge in [0.05, 0.1) is 11.4 Å². The van der Waals surface area contributed by atoms with Crippen molar-refractivity contribution in [2.75, 3.05) is 0 Å². The van der Waals surface area contributed by atoms with Crippen LogP contribution < -0.4 is 0 Å². The minimum absolute atomic E-state index is 0.0550. The summed E-state index contributed by atoms with van der Waals surface area (Å²) in [7, 11) is 9.87. The molecule has 0 saturated heterocycles. The average Bonchev–Trinajstić information content (AvgIpc) is 3.34. The molecule has 0 fully saturated rings. The van der Waals surface area contributed by atoms with Crippen LogP contribution in [0, 0.1) is 41.5 Å². The second-order valence-electron chi connectivity index (χ2n) is 21.1. The quantitative estimate of drug-likeness (QED) is 0.106. The van der Waals surface area contributed by atoms with E-state index < -0.39 is 20.8 Å². The topological polar surface area (TPSA) is 65.2 Å². The third-order valence-corrected chi connectivity index (χ3v) is 13.0. The van der Waals surface area contributed by atoms with Crippen molar-refractivity contribution in [3.63, 3.8) is 0 Å². The predicted molar refractivity (Wildman–Crippen MR) is 309 cm³/mol. The molecule has 73 heavy (non-hydrogen) atoms. The standard InChI is InChI=1S/2C33H35NO.2ClH.Zr/c2*1-22-17-24(3)31(34-21-27-18-23(2)20-29(32(27)35)33(4,5)6)28(19-22)30(25-13-9-7-10-14-25)26-15-11-8-12-16-26;;;/h2*7-21,30,35H,1-6H3;2*1H;/q;;;;+2/p-2. The summed E-state index contributed by atoms with van der Waals surface area (Å²) in [5, 5.41) is 22.2. The van der Waals surface area contributed by atoms with E-state index in [-0.39, 0.29) is 22.7 Å². The van der Waals surface area contributed by atoms with Gasteiger partial charge >= 0.3 is 37.9 Å². The zero-order chi connectivity index (χ0) is 53.0. The van der Waals surface area contributed by atoms with Gasteiger partial charge in [-0.15, -0.1) is 0 Å². The van der Waals surface area contributed by atoms with Gasteiger partial charge in [-0.05, 0) is 120 Å². The molecule has 0 aliphatic rings. The number of hydrogen-bond donors (Lipinski definition) is 2. The van der Waals surface area contributed by atoms with E-state index in [4.69, 9.17) is 27.0 Å². The van der Waals surface area contributed by atoms with Crippen molar-refractivity contribution < 1.29 is 31.1 Å². The molecule has 0 aliphatic heterocycles. The summed E-state index contributed by atoms with van der Waals surface area (Å²) < 4.78 is 0. The fourth-order valence-electron chi connectivity index (χ4n) is 9.69. The first-order chi connectivity index (χ1) is 34.7. The Balaban J connectivity index is 0.000000226. The molecule has 4 nitrogen and oxygen atoms in total. The van der Waals surface area contributed by atoms with Crippen LogP contribution in [0.5, 0.6) is 11.5 Å². The summed E-state index contributed by atoms with van der Waals surface area (Å²) in [5.41, 5.74) is 19.1. The number of aliphatic imine (C=N–C) groups is 2. The Labute approximate surface area is 454 Å². The van der Waals surface area contributed by atoms with E-state index in [2.05, 4.69) is 241 Å². The van der Waals surface area contributed by atoms with Gasteiger partial charge < -0.3 is 10.2 Å².